The van der Waals surface area contributed by atoms with Gasteiger partial charge in [0.05, 0.1) is 0 Å². The number of aryl methyl sites for hydroxylation is 1. The second-order valence-electron chi connectivity index (χ2n) is 4.24. The maximum atomic E-state index is 9.87. The zero-order valence-electron chi connectivity index (χ0n) is 10.9. The fraction of sp³-hybridized carbons (Fsp3) is 0.0769. The van der Waals surface area contributed by atoms with Crippen molar-refractivity contribution in [2.75, 3.05) is 0 Å². The van der Waals surface area contributed by atoms with Crippen LogP contribution in [-0.2, 0) is 11.8 Å². The molecule has 0 atom stereocenters. The number of thiol groups is 1. The quantitative estimate of drug-likeness (QED) is 0.248. The van der Waals surface area contributed by atoms with Crippen molar-refractivity contribution in [2.24, 2.45) is 0 Å². The molecule has 0 aliphatic heterocycles. The Morgan fingerprint density at radius 1 is 0.667 bits per heavy atom. The fourth-order valence-corrected chi connectivity index (χ4v) is 2.19. The predicted molar refractivity (Wildman–Crippen MR) is 76.5 cm³/mol. The number of rotatable bonds is 2. The van der Waals surface area contributed by atoms with E-state index < -0.39 is 7.81 Å². The van der Waals surface area contributed by atoms with Crippen LogP contribution in [-0.4, -0.2) is 0 Å². The zero-order chi connectivity index (χ0) is 16.2. The minimum atomic E-state index is -10.7. The Morgan fingerprint density at radius 3 is 1.48 bits per heavy atom. The van der Waals surface area contributed by atoms with E-state index in [9.17, 15) is 25.2 Å². The Kier molecular flexibility index (Phi) is 4.71. The van der Waals surface area contributed by atoms with Gasteiger partial charge in [0.15, 0.2) is 9.79 Å². The van der Waals surface area contributed by atoms with Crippen LogP contribution in [0.15, 0.2) is 64.4 Å². The second kappa shape index (κ2) is 5.54. The molecule has 0 radical (unpaired) electrons. The van der Waals surface area contributed by atoms with E-state index >= 15 is 0 Å². The molecule has 0 aromatic heterocycles. The first-order valence-corrected chi connectivity index (χ1v) is 8.62. The van der Waals surface area contributed by atoms with E-state index in [0.29, 0.717) is 0 Å². The first kappa shape index (κ1) is 17.9. The molecule has 0 fully saturated rings. The Balaban J connectivity index is 0.000000270. The van der Waals surface area contributed by atoms with Crippen LogP contribution in [0, 0.1) is 6.92 Å². The summed E-state index contributed by atoms with van der Waals surface area (Å²) in [5.41, 5.74) is 1.32. The molecule has 0 aliphatic carbocycles. The summed E-state index contributed by atoms with van der Waals surface area (Å²) in [6, 6.07) is 19.2. The molecule has 21 heavy (non-hydrogen) atoms. The zero-order valence-corrected chi connectivity index (χ0v) is 12.6. The Hall–Kier alpha value is -1.20. The molecule has 2 rings (SSSR count). The van der Waals surface area contributed by atoms with Crippen LogP contribution in [0.3, 0.4) is 0 Å². The standard InChI is InChI=1S/C13H12S.F6P/c1-11-7-9-13(10-8-11)14-12-5-3-2-4-6-12;1-7(2,3,4,5)6/h2-10H,1H3;/q;-1/p+1. The fourth-order valence-electron chi connectivity index (χ4n) is 1.27. The number of halogens is 6. The van der Waals surface area contributed by atoms with Crippen molar-refractivity contribution in [1.29, 1.82) is 0 Å². The molecule has 8 heteroatoms. The van der Waals surface area contributed by atoms with Gasteiger partial charge in [0.25, 0.3) is 0 Å². The monoisotopic (exact) mass is 346 g/mol. The molecule has 0 saturated carbocycles. The van der Waals surface area contributed by atoms with Gasteiger partial charge in [-0.3, -0.25) is 0 Å². The summed E-state index contributed by atoms with van der Waals surface area (Å²) in [7, 11) is -10.7. The number of benzene rings is 2. The SMILES string of the molecule is Cc1ccc([SH+]c2ccccc2)cc1.F[P-](F)(F)(F)(F)F. The van der Waals surface area contributed by atoms with E-state index in [2.05, 4.69) is 55.5 Å². The predicted octanol–water partition coefficient (Wildman–Crippen LogP) is 6.61. The van der Waals surface area contributed by atoms with Gasteiger partial charge < -0.3 is 0 Å². The van der Waals surface area contributed by atoms with Gasteiger partial charge in [-0.1, -0.05) is 35.9 Å². The van der Waals surface area contributed by atoms with Gasteiger partial charge in [-0.05, 0) is 31.2 Å². The second-order valence-corrected chi connectivity index (χ2v) is 7.41. The van der Waals surface area contributed by atoms with Crippen molar-refractivity contribution in [3.63, 3.8) is 0 Å². The van der Waals surface area contributed by atoms with Gasteiger partial charge in [0.1, 0.15) is 0 Å². The maximum absolute atomic E-state index is 10.7. The van der Waals surface area contributed by atoms with Crippen LogP contribution in [0.5, 0.6) is 0 Å². The van der Waals surface area contributed by atoms with Crippen molar-refractivity contribution >= 4 is 19.6 Å². The molecule has 0 heterocycles. The van der Waals surface area contributed by atoms with Gasteiger partial charge in [-0.15, -0.1) is 0 Å². The van der Waals surface area contributed by atoms with E-state index in [4.69, 9.17) is 0 Å². The molecule has 0 N–H and O–H groups in total. The summed E-state index contributed by atoms with van der Waals surface area (Å²) in [5, 5.41) is 0. The van der Waals surface area contributed by atoms with Crippen LogP contribution in [0.1, 0.15) is 5.56 Å². The van der Waals surface area contributed by atoms with Crippen molar-refractivity contribution < 1.29 is 25.2 Å². The van der Waals surface area contributed by atoms with Crippen molar-refractivity contribution in [3.8, 4) is 0 Å². The number of hydrogen-bond acceptors (Lipinski definition) is 0. The first-order valence-electron chi connectivity index (χ1n) is 5.69. The third-order valence-corrected chi connectivity index (χ3v) is 3.16. The summed E-state index contributed by atoms with van der Waals surface area (Å²) in [4.78, 5) is 2.69. The van der Waals surface area contributed by atoms with Crippen LogP contribution in [0.25, 0.3) is 0 Å². The Morgan fingerprint density at radius 2 is 1.05 bits per heavy atom. The van der Waals surface area contributed by atoms with Gasteiger partial charge in [0.2, 0.25) is 0 Å². The van der Waals surface area contributed by atoms with Crippen LogP contribution < -0.4 is 0 Å². The minimum absolute atomic E-state index is 1.28. The topological polar surface area (TPSA) is 0 Å². The third-order valence-electron chi connectivity index (χ3n) is 2.05. The van der Waals surface area contributed by atoms with Crippen molar-refractivity contribution in [1.82, 2.24) is 0 Å². The Labute approximate surface area is 122 Å². The van der Waals surface area contributed by atoms with Gasteiger partial charge in [-0.25, -0.2) is 0 Å². The molecule has 0 amide bonds. The molecule has 0 unspecified atom stereocenters. The van der Waals surface area contributed by atoms with E-state index in [0.717, 1.165) is 0 Å². The molecule has 2 aromatic rings. The molecular weight excluding hydrogens is 333 g/mol. The summed E-state index contributed by atoms with van der Waals surface area (Å²) >= 11 is 1.28. The van der Waals surface area contributed by atoms with E-state index in [1.807, 2.05) is 6.07 Å². The summed E-state index contributed by atoms with van der Waals surface area (Å²) in [6.07, 6.45) is 0. The van der Waals surface area contributed by atoms with Gasteiger partial charge in [0, 0.05) is 11.8 Å². The summed E-state index contributed by atoms with van der Waals surface area (Å²) < 4.78 is 59.2. The molecule has 0 saturated heterocycles. The molecule has 2 aromatic carbocycles. The molecule has 0 aliphatic rings. The molecular formula is C13H13F6PS. The van der Waals surface area contributed by atoms with Gasteiger partial charge in [-0.2, -0.15) is 0 Å². The number of hydrogen-bond donors (Lipinski definition) is 0. The average molecular weight is 346 g/mol. The third kappa shape index (κ3) is 12.3. The Bertz CT molecular complexity index is 566. The van der Waals surface area contributed by atoms with Gasteiger partial charge >= 0.3 is 33.0 Å². The van der Waals surface area contributed by atoms with Crippen molar-refractivity contribution in [3.05, 3.63) is 60.2 Å². The summed E-state index contributed by atoms with van der Waals surface area (Å²) in [6.45, 7) is 2.11. The molecule has 0 nitrogen and oxygen atoms in total. The van der Waals surface area contributed by atoms with Crippen molar-refractivity contribution in [2.45, 2.75) is 16.7 Å². The van der Waals surface area contributed by atoms with E-state index in [-0.39, 0.29) is 0 Å². The molecule has 0 bridgehead atoms. The molecule has 0 spiro atoms. The summed E-state index contributed by atoms with van der Waals surface area (Å²) in [5.74, 6) is 0. The van der Waals surface area contributed by atoms with E-state index in [1.54, 1.807) is 0 Å². The molecule has 118 valence electrons. The first-order chi connectivity index (χ1) is 9.29. The van der Waals surface area contributed by atoms with Crippen LogP contribution >= 0.6 is 7.81 Å². The van der Waals surface area contributed by atoms with Crippen LogP contribution in [0.4, 0.5) is 25.2 Å². The average Bonchev–Trinajstić information content (AvgIpc) is 2.30. The van der Waals surface area contributed by atoms with E-state index in [1.165, 1.54) is 27.1 Å². The van der Waals surface area contributed by atoms with Crippen LogP contribution in [0.2, 0.25) is 0 Å². The normalized spacial score (nSPS) is 14.4.